The molecule has 0 aliphatic carbocycles. The second-order valence-corrected chi connectivity index (χ2v) is 4.45. The van der Waals surface area contributed by atoms with Gasteiger partial charge >= 0.3 is 0 Å². The Bertz CT molecular complexity index is 551. The van der Waals surface area contributed by atoms with Crippen molar-refractivity contribution in [3.8, 4) is 5.75 Å². The Morgan fingerprint density at radius 2 is 1.78 bits per heavy atom. The molecule has 1 aliphatic heterocycles. The molecule has 0 aromatic heterocycles. The zero-order chi connectivity index (χ0) is 12.5. The molecule has 1 N–H and O–H groups in total. The first kappa shape index (κ1) is 11.2. The summed E-state index contributed by atoms with van der Waals surface area (Å²) in [5.41, 5.74) is 1.70. The highest BCUT2D eigenvalue weighted by Crippen LogP contribution is 2.40. The topological polar surface area (TPSA) is 29.5 Å². The number of halogens is 1. The molecule has 2 aromatic carbocycles. The average Bonchev–Trinajstić information content (AvgIpc) is 2.39. The molecular formula is C15H13FO2. The number of aliphatic hydroxyl groups is 1. The van der Waals surface area contributed by atoms with Gasteiger partial charge in [0.05, 0.1) is 6.10 Å². The van der Waals surface area contributed by atoms with Gasteiger partial charge in [-0.1, -0.05) is 30.3 Å². The fourth-order valence-electron chi connectivity index (χ4n) is 2.28. The van der Waals surface area contributed by atoms with Gasteiger partial charge in [-0.2, -0.15) is 0 Å². The van der Waals surface area contributed by atoms with Crippen LogP contribution in [0.1, 0.15) is 29.8 Å². The van der Waals surface area contributed by atoms with Gasteiger partial charge in [0.15, 0.2) is 0 Å². The van der Waals surface area contributed by atoms with Gasteiger partial charge in [-0.25, -0.2) is 4.39 Å². The first-order valence-corrected chi connectivity index (χ1v) is 5.93. The average molecular weight is 244 g/mol. The van der Waals surface area contributed by atoms with Crippen molar-refractivity contribution >= 4 is 0 Å². The van der Waals surface area contributed by atoms with Crippen LogP contribution in [0.15, 0.2) is 48.5 Å². The van der Waals surface area contributed by atoms with Crippen LogP contribution >= 0.6 is 0 Å². The first-order chi connectivity index (χ1) is 8.74. The minimum Gasteiger partial charge on any atom is -0.485 e. The summed E-state index contributed by atoms with van der Waals surface area (Å²) in [5, 5.41) is 10.1. The molecule has 2 nitrogen and oxygen atoms in total. The monoisotopic (exact) mass is 244 g/mol. The van der Waals surface area contributed by atoms with Gasteiger partial charge in [-0.15, -0.1) is 0 Å². The molecule has 0 saturated heterocycles. The van der Waals surface area contributed by atoms with E-state index in [0.717, 1.165) is 11.1 Å². The number of hydrogen-bond acceptors (Lipinski definition) is 2. The molecule has 2 aromatic rings. The van der Waals surface area contributed by atoms with Gasteiger partial charge in [0.25, 0.3) is 0 Å². The maximum Gasteiger partial charge on any atom is 0.127 e. The van der Waals surface area contributed by atoms with Crippen LogP contribution < -0.4 is 4.74 Å². The second-order valence-electron chi connectivity index (χ2n) is 4.45. The van der Waals surface area contributed by atoms with Crippen LogP contribution in [0, 0.1) is 5.82 Å². The number of rotatable bonds is 1. The largest absolute Gasteiger partial charge is 0.485 e. The first-order valence-electron chi connectivity index (χ1n) is 5.93. The van der Waals surface area contributed by atoms with E-state index >= 15 is 0 Å². The van der Waals surface area contributed by atoms with E-state index in [4.69, 9.17) is 4.74 Å². The third kappa shape index (κ3) is 1.97. The fraction of sp³-hybridized carbons (Fsp3) is 0.200. The van der Waals surface area contributed by atoms with Crippen LogP contribution in [0.3, 0.4) is 0 Å². The smallest absolute Gasteiger partial charge is 0.127 e. The molecule has 92 valence electrons. The van der Waals surface area contributed by atoms with Crippen LogP contribution in [0.2, 0.25) is 0 Å². The van der Waals surface area contributed by atoms with Gasteiger partial charge in [0.1, 0.15) is 17.7 Å². The molecule has 0 saturated carbocycles. The van der Waals surface area contributed by atoms with E-state index in [-0.39, 0.29) is 11.9 Å². The Labute approximate surface area is 105 Å². The van der Waals surface area contributed by atoms with Crippen LogP contribution in [0.5, 0.6) is 5.75 Å². The van der Waals surface area contributed by atoms with E-state index in [1.54, 1.807) is 12.1 Å². The van der Waals surface area contributed by atoms with E-state index in [0.29, 0.717) is 12.2 Å². The van der Waals surface area contributed by atoms with Crippen LogP contribution in [-0.2, 0) is 0 Å². The van der Waals surface area contributed by atoms with Crippen molar-refractivity contribution in [2.24, 2.45) is 0 Å². The summed E-state index contributed by atoms with van der Waals surface area (Å²) >= 11 is 0. The standard InChI is InChI=1S/C15H13FO2/c16-11-7-5-10(6-8-11)15-9-13(17)12-3-1-2-4-14(12)18-15/h1-8,13,15,17H,9H2. The van der Waals surface area contributed by atoms with Crippen LogP contribution in [0.4, 0.5) is 4.39 Å². The molecule has 1 aliphatic rings. The molecule has 0 spiro atoms. The molecule has 0 fully saturated rings. The highest BCUT2D eigenvalue weighted by Gasteiger charge is 2.27. The highest BCUT2D eigenvalue weighted by molar-refractivity contribution is 5.38. The lowest BCUT2D eigenvalue weighted by Gasteiger charge is -2.29. The zero-order valence-corrected chi connectivity index (χ0v) is 9.71. The number of para-hydroxylation sites is 1. The molecule has 1 heterocycles. The summed E-state index contributed by atoms with van der Waals surface area (Å²) in [7, 11) is 0. The minimum absolute atomic E-state index is 0.226. The molecule has 2 atom stereocenters. The number of ether oxygens (including phenoxy) is 1. The van der Waals surface area contributed by atoms with Gasteiger partial charge in [-0.3, -0.25) is 0 Å². The summed E-state index contributed by atoms with van der Waals surface area (Å²) in [4.78, 5) is 0. The predicted molar refractivity (Wildman–Crippen MR) is 65.8 cm³/mol. The summed E-state index contributed by atoms with van der Waals surface area (Å²) in [5.74, 6) is 0.432. The normalized spacial score (nSPS) is 22.1. The Kier molecular flexibility index (Phi) is 2.76. The highest BCUT2D eigenvalue weighted by atomic mass is 19.1. The quantitative estimate of drug-likeness (QED) is 0.833. The third-order valence-corrected chi connectivity index (χ3v) is 3.23. The SMILES string of the molecule is OC1CC(c2ccc(F)cc2)Oc2ccccc21. The van der Waals surface area contributed by atoms with E-state index in [1.807, 2.05) is 24.3 Å². The van der Waals surface area contributed by atoms with E-state index in [1.165, 1.54) is 12.1 Å². The van der Waals surface area contributed by atoms with Crippen molar-refractivity contribution in [3.63, 3.8) is 0 Å². The lowest BCUT2D eigenvalue weighted by molar-refractivity contribution is 0.0657. The molecule has 3 heteroatoms. The number of fused-ring (bicyclic) bond motifs is 1. The summed E-state index contributed by atoms with van der Waals surface area (Å²) in [6.45, 7) is 0. The lowest BCUT2D eigenvalue weighted by atomic mass is 9.95. The van der Waals surface area contributed by atoms with Crippen molar-refractivity contribution in [2.75, 3.05) is 0 Å². The van der Waals surface area contributed by atoms with Crippen molar-refractivity contribution in [1.29, 1.82) is 0 Å². The number of aliphatic hydroxyl groups excluding tert-OH is 1. The maximum absolute atomic E-state index is 12.9. The predicted octanol–water partition coefficient (Wildman–Crippen LogP) is 3.38. The van der Waals surface area contributed by atoms with E-state index < -0.39 is 6.10 Å². The van der Waals surface area contributed by atoms with E-state index in [2.05, 4.69) is 0 Å². The van der Waals surface area contributed by atoms with Crippen molar-refractivity contribution in [1.82, 2.24) is 0 Å². The molecule has 0 amide bonds. The van der Waals surface area contributed by atoms with Crippen molar-refractivity contribution in [3.05, 3.63) is 65.5 Å². The van der Waals surface area contributed by atoms with Gasteiger partial charge in [-0.05, 0) is 23.8 Å². The minimum atomic E-state index is -0.537. The van der Waals surface area contributed by atoms with Crippen LogP contribution in [0.25, 0.3) is 0 Å². The molecule has 18 heavy (non-hydrogen) atoms. The Balaban J connectivity index is 1.92. The maximum atomic E-state index is 12.9. The zero-order valence-electron chi connectivity index (χ0n) is 9.71. The van der Waals surface area contributed by atoms with Crippen molar-refractivity contribution in [2.45, 2.75) is 18.6 Å². The molecule has 0 bridgehead atoms. The number of benzene rings is 2. The molecule has 0 radical (unpaired) electrons. The molecule has 3 rings (SSSR count). The van der Waals surface area contributed by atoms with Crippen LogP contribution in [-0.4, -0.2) is 5.11 Å². The van der Waals surface area contributed by atoms with E-state index in [9.17, 15) is 9.50 Å². The van der Waals surface area contributed by atoms with Gasteiger partial charge in [0.2, 0.25) is 0 Å². The third-order valence-electron chi connectivity index (χ3n) is 3.23. The lowest BCUT2D eigenvalue weighted by Crippen LogP contribution is -2.18. The number of hydrogen-bond donors (Lipinski definition) is 1. The van der Waals surface area contributed by atoms with Crippen molar-refractivity contribution < 1.29 is 14.2 Å². The fourth-order valence-corrected chi connectivity index (χ4v) is 2.28. The molecular weight excluding hydrogens is 231 g/mol. The Morgan fingerprint density at radius 1 is 1.06 bits per heavy atom. The summed E-state index contributed by atoms with van der Waals surface area (Å²) in [6, 6.07) is 13.7. The summed E-state index contributed by atoms with van der Waals surface area (Å²) < 4.78 is 18.7. The molecule has 2 unspecified atom stereocenters. The second kappa shape index (κ2) is 4.42. The summed E-state index contributed by atoms with van der Waals surface area (Å²) in [6.07, 6.45) is -0.275. The Morgan fingerprint density at radius 3 is 2.56 bits per heavy atom. The van der Waals surface area contributed by atoms with Gasteiger partial charge < -0.3 is 9.84 Å². The van der Waals surface area contributed by atoms with Gasteiger partial charge in [0, 0.05) is 12.0 Å². The Hall–Kier alpha value is -1.87.